The van der Waals surface area contributed by atoms with Gasteiger partial charge in [-0.3, -0.25) is 19.1 Å². The van der Waals surface area contributed by atoms with E-state index in [-0.39, 0.29) is 43.5 Å². The highest BCUT2D eigenvalue weighted by Gasteiger charge is 2.42. The van der Waals surface area contributed by atoms with Gasteiger partial charge in [-0.15, -0.1) is 0 Å². The first-order valence-electron chi connectivity index (χ1n) is 28.8. The van der Waals surface area contributed by atoms with Gasteiger partial charge in [-0.2, -0.15) is 0 Å². The number of aryl methyl sites for hydroxylation is 3. The fourth-order valence-electron chi connectivity index (χ4n) is 12.0. The first-order chi connectivity index (χ1) is 40.2. The number of carbonyl (C=O) groups is 3. The molecule has 3 unspecified atom stereocenters. The number of aromatic nitrogens is 1. The fourth-order valence-corrected chi connectivity index (χ4v) is 12.6. The number of methoxy groups -OCH3 is 2. The molecule has 3 aliphatic rings. The van der Waals surface area contributed by atoms with E-state index in [9.17, 15) is 32.7 Å². The number of carbonyl (C=O) groups excluding carboxylic acids is 3. The lowest BCUT2D eigenvalue weighted by Gasteiger charge is -2.37. The lowest BCUT2D eigenvalue weighted by atomic mass is 9.80. The van der Waals surface area contributed by atoms with Crippen molar-refractivity contribution < 1.29 is 51.3 Å². The molecule has 0 radical (unpaired) electrons. The normalized spacial score (nSPS) is 16.8. The van der Waals surface area contributed by atoms with Gasteiger partial charge in [0.15, 0.2) is 0 Å². The molecule has 1 saturated heterocycles. The summed E-state index contributed by atoms with van der Waals surface area (Å²) >= 11 is 0. The maximum absolute atomic E-state index is 13.0. The zero-order valence-corrected chi connectivity index (χ0v) is 48.2. The molecule has 5 heterocycles. The van der Waals surface area contributed by atoms with Crippen LogP contribution in [0.2, 0.25) is 0 Å². The molecule has 18 nitrogen and oxygen atoms in total. The van der Waals surface area contributed by atoms with Crippen LogP contribution in [0, 0.1) is 0 Å². The van der Waals surface area contributed by atoms with Crippen molar-refractivity contribution >= 4 is 61.0 Å². The number of nitrogens with one attached hydrogen (secondary N) is 4. The van der Waals surface area contributed by atoms with Crippen LogP contribution in [-0.4, -0.2) is 108 Å². The number of hydrogen-bond acceptors (Lipinski definition) is 13. The van der Waals surface area contributed by atoms with Gasteiger partial charge in [0, 0.05) is 85.9 Å². The van der Waals surface area contributed by atoms with E-state index in [4.69, 9.17) is 23.4 Å². The average Bonchev–Trinajstić information content (AvgIpc) is 3.62. The van der Waals surface area contributed by atoms with Crippen LogP contribution in [0.25, 0.3) is 21.9 Å². The summed E-state index contributed by atoms with van der Waals surface area (Å²) in [5.41, 5.74) is 6.91. The topological polar surface area (TPSA) is 229 Å². The molecule has 0 spiro atoms. The van der Waals surface area contributed by atoms with E-state index in [1.54, 1.807) is 32.4 Å². The molecule has 19 heteroatoms. The number of anilines is 2. The van der Waals surface area contributed by atoms with Crippen LogP contribution in [0.15, 0.2) is 125 Å². The summed E-state index contributed by atoms with van der Waals surface area (Å²) in [4.78, 5) is 53.9. The Morgan fingerprint density at radius 1 is 0.747 bits per heavy atom. The van der Waals surface area contributed by atoms with E-state index in [2.05, 4.69) is 25.6 Å². The predicted octanol–water partition coefficient (Wildman–Crippen LogP) is 8.43. The first-order valence-corrected chi connectivity index (χ1v) is 30.7. The van der Waals surface area contributed by atoms with Gasteiger partial charge in [0.05, 0.1) is 38.7 Å². The molecule has 3 amide bonds. The predicted molar refractivity (Wildman–Crippen MR) is 319 cm³/mol. The molecule has 438 valence electrons. The SMILES string of the molecule is COc1ccc(C(OCC2OC(n3cc(CCCNC(=O)CCCCCCC(=O)NCCNC(=O)c4cc5cc6c7c(c5oc4=O)CCCN7CCC6)c4cc(NS(C)(=O)=O)ccc43)CC2O)(c2ccccc2)c2ccc(OC)cc2)cc1. The highest BCUT2D eigenvalue weighted by atomic mass is 32.2. The molecule has 83 heavy (non-hydrogen) atoms. The largest absolute Gasteiger partial charge is 0.497 e. The summed E-state index contributed by atoms with van der Waals surface area (Å²) < 4.78 is 59.8. The van der Waals surface area contributed by atoms with Crippen LogP contribution in [0.1, 0.15) is 114 Å². The van der Waals surface area contributed by atoms with E-state index in [1.807, 2.05) is 102 Å². The van der Waals surface area contributed by atoms with Crippen molar-refractivity contribution in [2.45, 2.75) is 108 Å². The van der Waals surface area contributed by atoms with Gasteiger partial charge in [-0.25, -0.2) is 13.2 Å². The van der Waals surface area contributed by atoms with Gasteiger partial charge < -0.3 is 53.9 Å². The number of nitrogens with zero attached hydrogens (tertiary/aromatic N) is 2. The van der Waals surface area contributed by atoms with E-state index >= 15 is 0 Å². The molecule has 0 aliphatic carbocycles. The highest BCUT2D eigenvalue weighted by molar-refractivity contribution is 7.92. The number of amides is 3. The van der Waals surface area contributed by atoms with Crippen molar-refractivity contribution in [1.82, 2.24) is 20.5 Å². The Morgan fingerprint density at radius 3 is 2.05 bits per heavy atom. The quantitative estimate of drug-likeness (QED) is 0.0195. The molecule has 5 aromatic carbocycles. The van der Waals surface area contributed by atoms with Crippen molar-refractivity contribution in [3.05, 3.63) is 165 Å². The summed E-state index contributed by atoms with van der Waals surface area (Å²) in [5.74, 6) is 0.650. The Balaban J connectivity index is 0.686. The monoisotopic (exact) mass is 1150 g/mol. The lowest BCUT2D eigenvalue weighted by Crippen LogP contribution is -2.38. The van der Waals surface area contributed by atoms with Crippen molar-refractivity contribution in [2.24, 2.45) is 0 Å². The number of rotatable bonds is 26. The third-order valence-electron chi connectivity index (χ3n) is 16.1. The summed E-state index contributed by atoms with van der Waals surface area (Å²) in [6.07, 6.45) is 9.74. The first kappa shape index (κ1) is 58.5. The van der Waals surface area contributed by atoms with Crippen LogP contribution >= 0.6 is 0 Å². The average molecular weight is 1150 g/mol. The fraction of sp³-hybridized carbons (Fsp3) is 0.406. The smallest absolute Gasteiger partial charge is 0.349 e. The molecular formula is C64H74N6O12S. The number of sulfonamides is 1. The van der Waals surface area contributed by atoms with E-state index in [0.29, 0.717) is 67.8 Å². The van der Waals surface area contributed by atoms with Crippen LogP contribution in [0.5, 0.6) is 11.5 Å². The Bertz CT molecular complexity index is 3560. The summed E-state index contributed by atoms with van der Waals surface area (Å²) in [5, 5.41) is 21.9. The Morgan fingerprint density at radius 2 is 1.39 bits per heavy atom. The number of ether oxygens (including phenoxy) is 4. The number of aliphatic hydroxyl groups is 1. The second-order valence-corrected chi connectivity index (χ2v) is 23.6. The zero-order chi connectivity index (χ0) is 58.1. The van der Waals surface area contributed by atoms with Crippen LogP contribution in [0.3, 0.4) is 0 Å². The minimum atomic E-state index is -3.57. The maximum atomic E-state index is 13.0. The van der Waals surface area contributed by atoms with Gasteiger partial charge in [0.1, 0.15) is 40.6 Å². The molecule has 3 aliphatic heterocycles. The number of unbranched alkanes of at least 4 members (excludes halogenated alkanes) is 3. The molecule has 7 aromatic rings. The minimum Gasteiger partial charge on any atom is -0.497 e. The molecular weight excluding hydrogens is 1080 g/mol. The third kappa shape index (κ3) is 13.5. The van der Waals surface area contributed by atoms with Crippen molar-refractivity contribution in [3.8, 4) is 11.5 Å². The minimum absolute atomic E-state index is 0.0268. The molecule has 0 bridgehead atoms. The van der Waals surface area contributed by atoms with Crippen LogP contribution in [0.4, 0.5) is 11.4 Å². The molecule has 10 rings (SSSR count). The Hall–Kier alpha value is -7.71. The number of aliphatic hydroxyl groups excluding tert-OH is 1. The standard InChI is InChI=1S/C64H74N6O12S/c1-78-49-26-21-46(22-27-49)64(45-16-7-6-8-17-45,47-23-28-50(79-2)29-24-47)80-41-56-55(71)39-59(81-56)70-40-43(52-38-48(25-30-54(52)70)68-83(3,76)77)14-11-31-65-57(72)19-9-4-5-10-20-58(73)66-32-33-67-62(74)53-37-44-36-42-15-12-34-69-35-13-18-51(60(42)69)61(44)82-63(53)75/h6-8,16-17,21-30,36-38,40,55-56,59,68,71H,4-5,9-15,18-20,31-35,39,41H2,1-3H3,(H,65,72)(H,66,73)(H,67,74). The number of fused-ring (bicyclic) bond motifs is 3. The molecule has 0 saturated carbocycles. The van der Waals surface area contributed by atoms with E-state index in [0.717, 1.165) is 102 Å². The summed E-state index contributed by atoms with van der Waals surface area (Å²) in [6.45, 7) is 2.83. The zero-order valence-electron chi connectivity index (χ0n) is 47.4. The molecule has 3 atom stereocenters. The van der Waals surface area contributed by atoms with Crippen LogP contribution in [-0.2, 0) is 53.9 Å². The Labute approximate surface area is 483 Å². The third-order valence-corrected chi connectivity index (χ3v) is 16.7. The van der Waals surface area contributed by atoms with E-state index in [1.165, 1.54) is 11.3 Å². The Kier molecular flexibility index (Phi) is 18.5. The summed E-state index contributed by atoms with van der Waals surface area (Å²) in [6, 6.07) is 34.4. The molecule has 2 aromatic heterocycles. The van der Waals surface area contributed by atoms with Gasteiger partial charge >= 0.3 is 5.63 Å². The van der Waals surface area contributed by atoms with Crippen molar-refractivity contribution in [2.75, 3.05) is 69.4 Å². The maximum Gasteiger partial charge on any atom is 0.349 e. The second-order valence-electron chi connectivity index (χ2n) is 21.8. The van der Waals surface area contributed by atoms with Gasteiger partial charge in [-0.05, 0) is 134 Å². The van der Waals surface area contributed by atoms with Crippen molar-refractivity contribution in [3.63, 3.8) is 0 Å². The van der Waals surface area contributed by atoms with Gasteiger partial charge in [-0.1, -0.05) is 67.4 Å². The second kappa shape index (κ2) is 26.3. The number of hydrogen-bond donors (Lipinski definition) is 5. The lowest BCUT2D eigenvalue weighted by molar-refractivity contribution is -0.122. The van der Waals surface area contributed by atoms with Crippen molar-refractivity contribution in [1.29, 1.82) is 0 Å². The number of benzene rings is 5. The summed E-state index contributed by atoms with van der Waals surface area (Å²) in [7, 11) is -0.324. The molecule has 5 N–H and O–H groups in total. The van der Waals surface area contributed by atoms with Crippen LogP contribution < -0.4 is 40.7 Å². The highest BCUT2D eigenvalue weighted by Crippen LogP contribution is 2.44. The van der Waals surface area contributed by atoms with Gasteiger partial charge in [0.25, 0.3) is 5.91 Å². The van der Waals surface area contributed by atoms with E-state index < -0.39 is 45.6 Å². The van der Waals surface area contributed by atoms with Gasteiger partial charge in [0.2, 0.25) is 21.8 Å². The molecule has 1 fully saturated rings.